The molecule has 0 fully saturated rings. The summed E-state index contributed by atoms with van der Waals surface area (Å²) in [5, 5.41) is 9.33. The maximum absolute atomic E-state index is 11.4. The van der Waals surface area contributed by atoms with Gasteiger partial charge in [0, 0.05) is 0 Å². The summed E-state index contributed by atoms with van der Waals surface area (Å²) >= 11 is 0. The third-order valence-electron chi connectivity index (χ3n) is 4.02. The highest BCUT2D eigenvalue weighted by Crippen LogP contribution is 2.36. The number of aliphatic carboxylic acids is 1. The molecule has 0 saturated carbocycles. The van der Waals surface area contributed by atoms with Crippen molar-refractivity contribution in [2.75, 3.05) is 20.2 Å². The van der Waals surface area contributed by atoms with E-state index in [-0.39, 0.29) is 6.42 Å². The van der Waals surface area contributed by atoms with Gasteiger partial charge in [0.25, 0.3) is 0 Å². The molecule has 1 rings (SSSR count). The molecule has 1 N–H and O–H groups in total. The van der Waals surface area contributed by atoms with E-state index in [4.69, 9.17) is 4.74 Å². The summed E-state index contributed by atoms with van der Waals surface area (Å²) < 4.78 is 5.18. The van der Waals surface area contributed by atoms with Crippen molar-refractivity contribution in [3.8, 4) is 5.75 Å². The van der Waals surface area contributed by atoms with Gasteiger partial charge in [0.15, 0.2) is 0 Å². The molecule has 4 nitrogen and oxygen atoms in total. The zero-order valence-corrected chi connectivity index (χ0v) is 12.8. The Morgan fingerprint density at radius 1 is 1.20 bits per heavy atom. The van der Waals surface area contributed by atoms with Crippen LogP contribution in [-0.4, -0.2) is 36.2 Å². The topological polar surface area (TPSA) is 49.8 Å². The standard InChI is InChI=1S/C16H25NO3/c1-5-16(12-15(18)19,17(6-2)7-3)13-8-10-14(20-4)11-9-13/h8-11H,5-7,12H2,1-4H3,(H,18,19). The van der Waals surface area contributed by atoms with Crippen molar-refractivity contribution in [2.45, 2.75) is 39.2 Å². The van der Waals surface area contributed by atoms with Crippen molar-refractivity contribution in [3.63, 3.8) is 0 Å². The smallest absolute Gasteiger partial charge is 0.305 e. The molecule has 1 aromatic carbocycles. The molecule has 0 aliphatic rings. The van der Waals surface area contributed by atoms with E-state index in [0.29, 0.717) is 0 Å². The van der Waals surface area contributed by atoms with Crippen LogP contribution in [0.4, 0.5) is 0 Å². The van der Waals surface area contributed by atoms with Crippen LogP contribution < -0.4 is 4.74 Å². The molecule has 0 radical (unpaired) electrons. The second-order valence-corrected chi connectivity index (χ2v) is 4.86. The number of hydrogen-bond donors (Lipinski definition) is 1. The Kier molecular flexibility index (Phi) is 6.02. The molecule has 1 atom stereocenters. The van der Waals surface area contributed by atoms with Crippen LogP contribution in [0.25, 0.3) is 0 Å². The van der Waals surface area contributed by atoms with E-state index >= 15 is 0 Å². The number of rotatable bonds is 8. The van der Waals surface area contributed by atoms with Crippen LogP contribution in [0.15, 0.2) is 24.3 Å². The van der Waals surface area contributed by atoms with E-state index in [9.17, 15) is 9.90 Å². The summed E-state index contributed by atoms with van der Waals surface area (Å²) in [4.78, 5) is 13.6. The van der Waals surface area contributed by atoms with Crippen LogP contribution in [0.5, 0.6) is 5.75 Å². The van der Waals surface area contributed by atoms with Gasteiger partial charge in [0.05, 0.1) is 19.1 Å². The molecule has 0 aliphatic heterocycles. The molecule has 0 spiro atoms. The predicted molar refractivity (Wildman–Crippen MR) is 80.1 cm³/mol. The van der Waals surface area contributed by atoms with Gasteiger partial charge in [-0.05, 0) is 37.2 Å². The highest BCUT2D eigenvalue weighted by molar-refractivity contribution is 5.69. The molecule has 0 bridgehead atoms. The van der Waals surface area contributed by atoms with Crippen molar-refractivity contribution < 1.29 is 14.6 Å². The van der Waals surface area contributed by atoms with Crippen molar-refractivity contribution in [2.24, 2.45) is 0 Å². The average Bonchev–Trinajstić information content (AvgIpc) is 2.47. The van der Waals surface area contributed by atoms with Gasteiger partial charge in [-0.15, -0.1) is 0 Å². The lowest BCUT2D eigenvalue weighted by molar-refractivity contribution is -0.141. The number of benzene rings is 1. The first-order valence-corrected chi connectivity index (χ1v) is 7.15. The second kappa shape index (κ2) is 7.29. The Balaban J connectivity index is 3.28. The summed E-state index contributed by atoms with van der Waals surface area (Å²) in [7, 11) is 1.63. The number of carboxylic acid groups (broad SMARTS) is 1. The molecular weight excluding hydrogens is 254 g/mol. The van der Waals surface area contributed by atoms with Gasteiger partial charge in [-0.1, -0.05) is 32.9 Å². The normalized spacial score (nSPS) is 14.1. The Bertz CT molecular complexity index is 426. The first-order chi connectivity index (χ1) is 9.53. The molecule has 1 aromatic rings. The van der Waals surface area contributed by atoms with Crippen LogP contribution in [-0.2, 0) is 10.3 Å². The summed E-state index contributed by atoms with van der Waals surface area (Å²) in [6.07, 6.45) is 0.866. The summed E-state index contributed by atoms with van der Waals surface area (Å²) in [6.45, 7) is 7.83. The van der Waals surface area contributed by atoms with Gasteiger partial charge in [-0.3, -0.25) is 9.69 Å². The number of carboxylic acids is 1. The Morgan fingerprint density at radius 2 is 1.75 bits per heavy atom. The van der Waals surface area contributed by atoms with Crippen LogP contribution >= 0.6 is 0 Å². The zero-order chi connectivity index (χ0) is 15.2. The number of nitrogens with zero attached hydrogens (tertiary/aromatic N) is 1. The van der Waals surface area contributed by atoms with E-state index in [0.717, 1.165) is 30.8 Å². The van der Waals surface area contributed by atoms with Crippen molar-refractivity contribution in [1.29, 1.82) is 0 Å². The lowest BCUT2D eigenvalue weighted by atomic mass is 9.82. The molecule has 112 valence electrons. The lowest BCUT2D eigenvalue weighted by Crippen LogP contribution is -2.47. The molecule has 0 saturated heterocycles. The molecule has 1 unspecified atom stereocenters. The Morgan fingerprint density at radius 3 is 2.10 bits per heavy atom. The highest BCUT2D eigenvalue weighted by Gasteiger charge is 2.37. The fourth-order valence-electron chi connectivity index (χ4n) is 2.93. The number of ether oxygens (including phenoxy) is 1. The monoisotopic (exact) mass is 279 g/mol. The molecule has 0 amide bonds. The van der Waals surface area contributed by atoms with E-state index in [2.05, 4.69) is 18.7 Å². The maximum Gasteiger partial charge on any atom is 0.305 e. The summed E-state index contributed by atoms with van der Waals surface area (Å²) in [6, 6.07) is 7.74. The van der Waals surface area contributed by atoms with Gasteiger partial charge in [0.2, 0.25) is 0 Å². The largest absolute Gasteiger partial charge is 0.497 e. The molecule has 20 heavy (non-hydrogen) atoms. The average molecular weight is 279 g/mol. The highest BCUT2D eigenvalue weighted by atomic mass is 16.5. The molecule has 0 aliphatic carbocycles. The van der Waals surface area contributed by atoms with Gasteiger partial charge in [-0.25, -0.2) is 0 Å². The van der Waals surface area contributed by atoms with Crippen LogP contribution in [0.2, 0.25) is 0 Å². The fraction of sp³-hybridized carbons (Fsp3) is 0.562. The minimum Gasteiger partial charge on any atom is -0.497 e. The second-order valence-electron chi connectivity index (χ2n) is 4.86. The van der Waals surface area contributed by atoms with Gasteiger partial charge >= 0.3 is 5.97 Å². The van der Waals surface area contributed by atoms with Gasteiger partial charge in [0.1, 0.15) is 5.75 Å². The first kappa shape index (κ1) is 16.5. The Labute approximate surface area is 121 Å². The SMILES string of the molecule is CCN(CC)C(CC)(CC(=O)O)c1ccc(OC)cc1. The van der Waals surface area contributed by atoms with E-state index in [1.54, 1.807) is 7.11 Å². The number of hydrogen-bond acceptors (Lipinski definition) is 3. The molecule has 4 heteroatoms. The van der Waals surface area contributed by atoms with Crippen LogP contribution in [0, 0.1) is 0 Å². The van der Waals surface area contributed by atoms with E-state index in [1.807, 2.05) is 31.2 Å². The van der Waals surface area contributed by atoms with E-state index in [1.165, 1.54) is 0 Å². The number of carbonyl (C=O) groups is 1. The van der Waals surface area contributed by atoms with Gasteiger partial charge < -0.3 is 9.84 Å². The molecular formula is C16H25NO3. The third kappa shape index (κ3) is 3.31. The lowest BCUT2D eigenvalue weighted by Gasteiger charge is -2.42. The van der Waals surface area contributed by atoms with Gasteiger partial charge in [-0.2, -0.15) is 0 Å². The fourth-order valence-corrected chi connectivity index (χ4v) is 2.93. The predicted octanol–water partition coefficient (Wildman–Crippen LogP) is 3.12. The first-order valence-electron chi connectivity index (χ1n) is 7.15. The number of methoxy groups -OCH3 is 1. The van der Waals surface area contributed by atoms with Crippen LogP contribution in [0.3, 0.4) is 0 Å². The summed E-state index contributed by atoms with van der Waals surface area (Å²) in [5.74, 6) is 0.0168. The van der Waals surface area contributed by atoms with Crippen molar-refractivity contribution in [3.05, 3.63) is 29.8 Å². The zero-order valence-electron chi connectivity index (χ0n) is 12.8. The van der Waals surface area contributed by atoms with E-state index < -0.39 is 11.5 Å². The maximum atomic E-state index is 11.4. The minimum atomic E-state index is -0.769. The quantitative estimate of drug-likeness (QED) is 0.794. The van der Waals surface area contributed by atoms with Crippen LogP contribution in [0.1, 0.15) is 39.2 Å². The third-order valence-corrected chi connectivity index (χ3v) is 4.02. The summed E-state index contributed by atoms with van der Waals surface area (Å²) in [5.41, 5.74) is 0.577. The minimum absolute atomic E-state index is 0.109. The molecule has 0 aromatic heterocycles. The molecule has 0 heterocycles. The van der Waals surface area contributed by atoms with Crippen molar-refractivity contribution >= 4 is 5.97 Å². The van der Waals surface area contributed by atoms with Crippen molar-refractivity contribution in [1.82, 2.24) is 4.90 Å². The Hall–Kier alpha value is -1.55.